The maximum Gasteiger partial charge on any atom is 0.0488 e. The van der Waals surface area contributed by atoms with E-state index >= 15 is 0 Å². The summed E-state index contributed by atoms with van der Waals surface area (Å²) in [6.07, 6.45) is 4.37. The Bertz CT molecular complexity index is 980. The van der Waals surface area contributed by atoms with Crippen molar-refractivity contribution in [2.75, 3.05) is 0 Å². The lowest BCUT2D eigenvalue weighted by atomic mass is 10.1. The van der Waals surface area contributed by atoms with E-state index in [0.29, 0.717) is 0 Å². The molecule has 126 valence electrons. The second kappa shape index (κ2) is 7.71. The van der Waals surface area contributed by atoms with Crippen LogP contribution in [-0.4, -0.2) is 4.57 Å². The third-order valence-corrected chi connectivity index (χ3v) is 4.51. The Labute approximate surface area is 154 Å². The second-order valence-electron chi connectivity index (χ2n) is 6.33. The zero-order chi connectivity index (χ0) is 17.6. The van der Waals surface area contributed by atoms with Crippen LogP contribution >= 0.6 is 0 Å². The van der Waals surface area contributed by atoms with Crippen molar-refractivity contribution in [1.29, 1.82) is 0 Å². The van der Waals surface area contributed by atoms with E-state index in [1.807, 2.05) is 6.07 Å². The molecule has 4 aromatic rings. The normalized spacial score (nSPS) is 11.1. The van der Waals surface area contributed by atoms with E-state index < -0.39 is 0 Å². The first kappa shape index (κ1) is 16.2. The SMILES string of the molecule is C(=C\c1ccc(-c2ccccc2)n1Cc1ccccc1)/c1ccccc1. The van der Waals surface area contributed by atoms with Gasteiger partial charge in [0.25, 0.3) is 0 Å². The molecule has 3 aromatic carbocycles. The largest absolute Gasteiger partial charge is 0.337 e. The molecular weight excluding hydrogens is 314 g/mol. The topological polar surface area (TPSA) is 4.93 Å². The molecule has 0 aliphatic heterocycles. The summed E-state index contributed by atoms with van der Waals surface area (Å²) in [4.78, 5) is 0. The smallest absolute Gasteiger partial charge is 0.0488 e. The van der Waals surface area contributed by atoms with Crippen LogP contribution in [0.1, 0.15) is 16.8 Å². The first-order valence-electron chi connectivity index (χ1n) is 8.92. The van der Waals surface area contributed by atoms with E-state index in [4.69, 9.17) is 0 Å². The number of nitrogens with zero attached hydrogens (tertiary/aromatic N) is 1. The summed E-state index contributed by atoms with van der Waals surface area (Å²) in [5, 5.41) is 0. The summed E-state index contributed by atoms with van der Waals surface area (Å²) in [5.41, 5.74) is 6.19. The van der Waals surface area contributed by atoms with Gasteiger partial charge in [-0.1, -0.05) is 97.1 Å². The minimum atomic E-state index is 0.854. The fraction of sp³-hybridized carbons (Fsp3) is 0.0400. The monoisotopic (exact) mass is 335 g/mol. The Morgan fingerprint density at radius 2 is 1.19 bits per heavy atom. The average Bonchev–Trinajstić information content (AvgIpc) is 3.11. The number of hydrogen-bond donors (Lipinski definition) is 0. The quantitative estimate of drug-likeness (QED) is 0.399. The van der Waals surface area contributed by atoms with Gasteiger partial charge in [-0.15, -0.1) is 0 Å². The van der Waals surface area contributed by atoms with Gasteiger partial charge in [0, 0.05) is 17.9 Å². The molecule has 0 bridgehead atoms. The fourth-order valence-electron chi connectivity index (χ4n) is 3.18. The Morgan fingerprint density at radius 1 is 0.577 bits per heavy atom. The Morgan fingerprint density at radius 3 is 1.88 bits per heavy atom. The molecule has 1 aromatic heterocycles. The molecule has 0 unspecified atom stereocenters. The molecule has 0 spiro atoms. The van der Waals surface area contributed by atoms with Crippen LogP contribution in [0.3, 0.4) is 0 Å². The van der Waals surface area contributed by atoms with Crippen LogP contribution in [-0.2, 0) is 6.54 Å². The molecule has 0 atom stereocenters. The highest BCUT2D eigenvalue weighted by atomic mass is 15.0. The first-order valence-corrected chi connectivity index (χ1v) is 8.92. The molecule has 0 saturated carbocycles. The number of aromatic nitrogens is 1. The highest BCUT2D eigenvalue weighted by molar-refractivity contribution is 5.71. The molecule has 0 saturated heterocycles. The van der Waals surface area contributed by atoms with Crippen LogP contribution in [0.2, 0.25) is 0 Å². The predicted molar refractivity (Wildman–Crippen MR) is 111 cm³/mol. The Hall–Kier alpha value is -3.32. The van der Waals surface area contributed by atoms with E-state index in [9.17, 15) is 0 Å². The lowest BCUT2D eigenvalue weighted by Crippen LogP contribution is -2.03. The molecule has 0 aliphatic rings. The van der Waals surface area contributed by atoms with E-state index in [0.717, 1.165) is 6.54 Å². The molecule has 0 N–H and O–H groups in total. The van der Waals surface area contributed by atoms with E-state index in [1.165, 1.54) is 28.1 Å². The van der Waals surface area contributed by atoms with Crippen LogP contribution in [0.5, 0.6) is 0 Å². The second-order valence-corrected chi connectivity index (χ2v) is 6.33. The minimum Gasteiger partial charge on any atom is -0.337 e. The third-order valence-electron chi connectivity index (χ3n) is 4.51. The van der Waals surface area contributed by atoms with Crippen molar-refractivity contribution in [1.82, 2.24) is 4.57 Å². The van der Waals surface area contributed by atoms with Crippen molar-refractivity contribution >= 4 is 12.2 Å². The number of hydrogen-bond acceptors (Lipinski definition) is 0. The standard InChI is InChI=1S/C25H21N/c1-4-10-21(11-5-1)16-17-24-18-19-25(23-14-8-3-9-15-23)26(24)20-22-12-6-2-7-13-22/h1-19H,20H2/b17-16+. The third kappa shape index (κ3) is 3.68. The molecule has 0 amide bonds. The maximum atomic E-state index is 2.38. The van der Waals surface area contributed by atoms with Gasteiger partial charge in [0.2, 0.25) is 0 Å². The van der Waals surface area contributed by atoms with Gasteiger partial charge in [-0.05, 0) is 34.9 Å². The molecule has 0 aliphatic carbocycles. The molecule has 1 nitrogen and oxygen atoms in total. The zero-order valence-corrected chi connectivity index (χ0v) is 14.6. The molecule has 1 heterocycles. The van der Waals surface area contributed by atoms with Gasteiger partial charge in [-0.25, -0.2) is 0 Å². The molecular formula is C25H21N. The van der Waals surface area contributed by atoms with Crippen LogP contribution < -0.4 is 0 Å². The van der Waals surface area contributed by atoms with E-state index in [1.54, 1.807) is 0 Å². The highest BCUT2D eigenvalue weighted by Gasteiger charge is 2.09. The summed E-state index contributed by atoms with van der Waals surface area (Å²) in [6.45, 7) is 0.854. The number of benzene rings is 3. The van der Waals surface area contributed by atoms with Gasteiger partial charge in [-0.3, -0.25) is 0 Å². The van der Waals surface area contributed by atoms with Crippen LogP contribution in [0.4, 0.5) is 0 Å². The van der Waals surface area contributed by atoms with Crippen molar-refractivity contribution < 1.29 is 0 Å². The first-order chi connectivity index (χ1) is 12.9. The molecule has 0 fully saturated rings. The minimum absolute atomic E-state index is 0.854. The van der Waals surface area contributed by atoms with Gasteiger partial charge in [0.05, 0.1) is 0 Å². The van der Waals surface area contributed by atoms with Gasteiger partial charge < -0.3 is 4.57 Å². The Kier molecular flexibility index (Phi) is 4.79. The Balaban J connectivity index is 1.74. The summed E-state index contributed by atoms with van der Waals surface area (Å²) < 4.78 is 2.38. The van der Waals surface area contributed by atoms with Crippen molar-refractivity contribution in [2.45, 2.75) is 6.54 Å². The average molecular weight is 335 g/mol. The fourth-order valence-corrected chi connectivity index (χ4v) is 3.18. The lowest BCUT2D eigenvalue weighted by Gasteiger charge is -2.12. The zero-order valence-electron chi connectivity index (χ0n) is 14.6. The van der Waals surface area contributed by atoms with Crippen molar-refractivity contribution in [2.24, 2.45) is 0 Å². The molecule has 4 rings (SSSR count). The van der Waals surface area contributed by atoms with Crippen LogP contribution in [0, 0.1) is 0 Å². The summed E-state index contributed by atoms with van der Waals surface area (Å²) in [7, 11) is 0. The number of rotatable bonds is 5. The van der Waals surface area contributed by atoms with Gasteiger partial charge in [-0.2, -0.15) is 0 Å². The van der Waals surface area contributed by atoms with Crippen molar-refractivity contribution in [3.8, 4) is 11.3 Å². The maximum absolute atomic E-state index is 2.38. The van der Waals surface area contributed by atoms with Crippen molar-refractivity contribution in [3.05, 3.63) is 120 Å². The van der Waals surface area contributed by atoms with Gasteiger partial charge in [0.15, 0.2) is 0 Å². The molecule has 0 radical (unpaired) electrons. The molecule has 26 heavy (non-hydrogen) atoms. The van der Waals surface area contributed by atoms with E-state index in [-0.39, 0.29) is 0 Å². The summed E-state index contributed by atoms with van der Waals surface area (Å²) in [5.74, 6) is 0. The van der Waals surface area contributed by atoms with Gasteiger partial charge in [0.1, 0.15) is 0 Å². The van der Waals surface area contributed by atoms with Crippen LogP contribution in [0.25, 0.3) is 23.4 Å². The van der Waals surface area contributed by atoms with Crippen LogP contribution in [0.15, 0.2) is 103 Å². The highest BCUT2D eigenvalue weighted by Crippen LogP contribution is 2.25. The predicted octanol–water partition coefficient (Wildman–Crippen LogP) is 6.37. The molecule has 1 heteroatoms. The lowest BCUT2D eigenvalue weighted by molar-refractivity contribution is 0.806. The summed E-state index contributed by atoms with van der Waals surface area (Å²) in [6, 6.07) is 36.0. The summed E-state index contributed by atoms with van der Waals surface area (Å²) >= 11 is 0. The van der Waals surface area contributed by atoms with Gasteiger partial charge >= 0.3 is 0 Å². The van der Waals surface area contributed by atoms with Crippen molar-refractivity contribution in [3.63, 3.8) is 0 Å². The van der Waals surface area contributed by atoms with E-state index in [2.05, 4.69) is 114 Å².